The molecule has 1 aliphatic heterocycles. The number of piperidine rings is 1. The molecule has 7 nitrogen and oxygen atoms in total. The molecule has 1 fully saturated rings. The van der Waals surface area contributed by atoms with E-state index in [2.05, 4.69) is 5.32 Å². The summed E-state index contributed by atoms with van der Waals surface area (Å²) in [5, 5.41) is 3.11. The summed E-state index contributed by atoms with van der Waals surface area (Å²) in [6.45, 7) is 3.76. The van der Waals surface area contributed by atoms with E-state index in [0.29, 0.717) is 49.6 Å². The van der Waals surface area contributed by atoms with Gasteiger partial charge in [-0.15, -0.1) is 0 Å². The zero-order valence-electron chi connectivity index (χ0n) is 19.1. The van der Waals surface area contributed by atoms with Gasteiger partial charge >= 0.3 is 0 Å². The highest BCUT2D eigenvalue weighted by atomic mass is 16.5. The van der Waals surface area contributed by atoms with Crippen LogP contribution in [0.25, 0.3) is 0 Å². The third-order valence-electron chi connectivity index (χ3n) is 5.65. The predicted molar refractivity (Wildman–Crippen MR) is 123 cm³/mol. The van der Waals surface area contributed by atoms with E-state index in [9.17, 15) is 9.59 Å². The molecule has 1 heterocycles. The molecule has 7 heteroatoms. The monoisotopic (exact) mass is 440 g/mol. The van der Waals surface area contributed by atoms with E-state index in [0.717, 1.165) is 24.2 Å². The van der Waals surface area contributed by atoms with Gasteiger partial charge in [-0.05, 0) is 68.1 Å². The molecule has 32 heavy (non-hydrogen) atoms. The smallest absolute Gasteiger partial charge is 0.253 e. The first-order valence-corrected chi connectivity index (χ1v) is 11.1. The van der Waals surface area contributed by atoms with Crippen LogP contribution in [0.2, 0.25) is 0 Å². The summed E-state index contributed by atoms with van der Waals surface area (Å²) in [7, 11) is 3.21. The van der Waals surface area contributed by atoms with Crippen molar-refractivity contribution in [3.8, 4) is 17.2 Å². The van der Waals surface area contributed by atoms with Crippen molar-refractivity contribution in [2.24, 2.45) is 0 Å². The van der Waals surface area contributed by atoms with E-state index >= 15 is 0 Å². The van der Waals surface area contributed by atoms with Gasteiger partial charge in [-0.2, -0.15) is 0 Å². The van der Waals surface area contributed by atoms with Crippen LogP contribution in [-0.4, -0.2) is 56.7 Å². The maximum Gasteiger partial charge on any atom is 0.253 e. The third kappa shape index (κ3) is 6.15. The number of nitrogens with zero attached hydrogens (tertiary/aromatic N) is 1. The molecular weight excluding hydrogens is 408 g/mol. The molecule has 1 aliphatic rings. The highest BCUT2D eigenvalue weighted by molar-refractivity contribution is 5.94. The largest absolute Gasteiger partial charge is 0.497 e. The second-order valence-corrected chi connectivity index (χ2v) is 7.78. The average molecular weight is 441 g/mol. The van der Waals surface area contributed by atoms with Gasteiger partial charge in [-0.25, -0.2) is 0 Å². The Bertz CT molecular complexity index is 905. The van der Waals surface area contributed by atoms with Gasteiger partial charge in [0.25, 0.3) is 5.91 Å². The van der Waals surface area contributed by atoms with Gasteiger partial charge in [0, 0.05) is 31.1 Å². The topological polar surface area (TPSA) is 77.1 Å². The molecular formula is C25H32N2O5. The fourth-order valence-corrected chi connectivity index (χ4v) is 3.84. The first-order valence-electron chi connectivity index (χ1n) is 11.1. The molecule has 0 atom stereocenters. The first kappa shape index (κ1) is 23.4. The lowest BCUT2D eigenvalue weighted by Crippen LogP contribution is -2.46. The highest BCUT2D eigenvalue weighted by Gasteiger charge is 2.24. The summed E-state index contributed by atoms with van der Waals surface area (Å²) in [5.74, 6) is 2.16. The molecule has 3 rings (SSSR count). The zero-order chi connectivity index (χ0) is 22.9. The van der Waals surface area contributed by atoms with Crippen molar-refractivity contribution in [3.63, 3.8) is 0 Å². The first-order chi connectivity index (χ1) is 15.5. The van der Waals surface area contributed by atoms with Crippen LogP contribution < -0.4 is 19.5 Å². The van der Waals surface area contributed by atoms with Crippen LogP contribution in [0.3, 0.4) is 0 Å². The van der Waals surface area contributed by atoms with E-state index in [-0.39, 0.29) is 17.9 Å². The standard InChI is InChI=1S/C25H32N2O5/c1-4-32-22-11-5-18(17-23(22)31-3)6-12-24(28)26-20-13-15-27(16-14-20)25(29)19-7-9-21(30-2)10-8-19/h5,7-11,17,20H,4,6,12-16H2,1-3H3,(H,26,28). The molecule has 2 aromatic rings. The minimum Gasteiger partial charge on any atom is -0.497 e. The van der Waals surface area contributed by atoms with Crippen LogP contribution in [0.15, 0.2) is 42.5 Å². The fourth-order valence-electron chi connectivity index (χ4n) is 3.84. The Hall–Kier alpha value is -3.22. The molecule has 0 unspecified atom stereocenters. The summed E-state index contributed by atoms with van der Waals surface area (Å²) in [5.41, 5.74) is 1.68. The van der Waals surface area contributed by atoms with Gasteiger partial charge in [-0.1, -0.05) is 6.07 Å². The molecule has 0 aliphatic carbocycles. The Balaban J connectivity index is 1.43. The average Bonchev–Trinajstić information content (AvgIpc) is 2.83. The fraction of sp³-hybridized carbons (Fsp3) is 0.440. The number of carbonyl (C=O) groups excluding carboxylic acids is 2. The summed E-state index contributed by atoms with van der Waals surface area (Å²) >= 11 is 0. The van der Waals surface area contributed by atoms with E-state index < -0.39 is 0 Å². The predicted octanol–water partition coefficient (Wildman–Crippen LogP) is 3.46. The van der Waals surface area contributed by atoms with E-state index in [1.807, 2.05) is 30.0 Å². The SMILES string of the molecule is CCOc1ccc(CCC(=O)NC2CCN(C(=O)c3ccc(OC)cc3)CC2)cc1OC. The number of aryl methyl sites for hydroxylation is 1. The lowest BCUT2D eigenvalue weighted by atomic mass is 10.0. The second-order valence-electron chi connectivity index (χ2n) is 7.78. The zero-order valence-corrected chi connectivity index (χ0v) is 19.1. The summed E-state index contributed by atoms with van der Waals surface area (Å²) in [6, 6.07) is 13.0. The van der Waals surface area contributed by atoms with Crippen LogP contribution in [0.4, 0.5) is 0 Å². The third-order valence-corrected chi connectivity index (χ3v) is 5.65. The van der Waals surface area contributed by atoms with Gasteiger partial charge in [0.2, 0.25) is 5.91 Å². The number of amides is 2. The molecule has 1 N–H and O–H groups in total. The maximum absolute atomic E-state index is 12.7. The van der Waals surface area contributed by atoms with Crippen molar-refractivity contribution in [3.05, 3.63) is 53.6 Å². The molecule has 172 valence electrons. The maximum atomic E-state index is 12.7. The minimum absolute atomic E-state index is 0.0156. The Morgan fingerprint density at radius 3 is 2.34 bits per heavy atom. The number of benzene rings is 2. The minimum atomic E-state index is 0.0156. The van der Waals surface area contributed by atoms with Crippen LogP contribution in [0.1, 0.15) is 42.1 Å². The van der Waals surface area contributed by atoms with Gasteiger partial charge in [-0.3, -0.25) is 9.59 Å². The van der Waals surface area contributed by atoms with Crippen molar-refractivity contribution in [1.29, 1.82) is 0 Å². The Labute approximate surface area is 189 Å². The highest BCUT2D eigenvalue weighted by Crippen LogP contribution is 2.28. The van der Waals surface area contributed by atoms with Crippen LogP contribution in [-0.2, 0) is 11.2 Å². The van der Waals surface area contributed by atoms with E-state index in [1.54, 1.807) is 38.5 Å². The van der Waals surface area contributed by atoms with Crippen LogP contribution >= 0.6 is 0 Å². The number of methoxy groups -OCH3 is 2. The number of nitrogens with one attached hydrogen (secondary N) is 1. The summed E-state index contributed by atoms with van der Waals surface area (Å²) in [6.07, 6.45) is 2.54. The normalized spacial score (nSPS) is 14.0. The van der Waals surface area contributed by atoms with Gasteiger partial charge in [0.1, 0.15) is 5.75 Å². The molecule has 0 bridgehead atoms. The Morgan fingerprint density at radius 1 is 1.00 bits per heavy atom. The molecule has 1 saturated heterocycles. The number of hydrogen-bond donors (Lipinski definition) is 1. The van der Waals surface area contributed by atoms with Crippen LogP contribution in [0.5, 0.6) is 17.2 Å². The quantitative estimate of drug-likeness (QED) is 0.646. The number of rotatable bonds is 9. The lowest BCUT2D eigenvalue weighted by Gasteiger charge is -2.32. The van der Waals surface area contributed by atoms with Crippen molar-refractivity contribution in [1.82, 2.24) is 10.2 Å². The van der Waals surface area contributed by atoms with Gasteiger partial charge < -0.3 is 24.4 Å². The van der Waals surface area contributed by atoms with Crippen molar-refractivity contribution < 1.29 is 23.8 Å². The lowest BCUT2D eigenvalue weighted by molar-refractivity contribution is -0.122. The van der Waals surface area contributed by atoms with Gasteiger partial charge in [0.15, 0.2) is 11.5 Å². The van der Waals surface area contributed by atoms with E-state index in [4.69, 9.17) is 14.2 Å². The van der Waals surface area contributed by atoms with Crippen molar-refractivity contribution >= 4 is 11.8 Å². The van der Waals surface area contributed by atoms with Gasteiger partial charge in [0.05, 0.1) is 20.8 Å². The number of ether oxygens (including phenoxy) is 3. The van der Waals surface area contributed by atoms with Crippen LogP contribution in [0, 0.1) is 0 Å². The molecule has 0 saturated carbocycles. The van der Waals surface area contributed by atoms with Crippen molar-refractivity contribution in [2.45, 2.75) is 38.6 Å². The van der Waals surface area contributed by atoms with E-state index in [1.165, 1.54) is 0 Å². The molecule has 0 aromatic heterocycles. The number of likely N-dealkylation sites (tertiary alicyclic amines) is 1. The molecule has 0 radical (unpaired) electrons. The number of carbonyl (C=O) groups is 2. The molecule has 2 aromatic carbocycles. The Kier molecular flexibility index (Phi) is 8.36. The molecule has 2 amide bonds. The second kappa shape index (κ2) is 11.4. The summed E-state index contributed by atoms with van der Waals surface area (Å²) in [4.78, 5) is 27.0. The number of hydrogen-bond acceptors (Lipinski definition) is 5. The molecule has 0 spiro atoms. The van der Waals surface area contributed by atoms with Crippen molar-refractivity contribution in [2.75, 3.05) is 33.9 Å². The summed E-state index contributed by atoms with van der Waals surface area (Å²) < 4.78 is 16.1. The Morgan fingerprint density at radius 2 is 1.72 bits per heavy atom.